The molecule has 22 heavy (non-hydrogen) atoms. The molecule has 110 valence electrons. The first kappa shape index (κ1) is 13.0. The van der Waals surface area contributed by atoms with Crippen molar-refractivity contribution in [2.24, 2.45) is 0 Å². The molecule has 0 radical (unpaired) electrons. The van der Waals surface area contributed by atoms with Gasteiger partial charge in [-0.15, -0.1) is 0 Å². The first-order valence-electron chi connectivity index (χ1n) is 7.42. The number of anilines is 1. The van der Waals surface area contributed by atoms with Crippen LogP contribution in [0, 0.1) is 6.92 Å². The smallest absolute Gasteiger partial charge is 0.119 e. The molecule has 0 atom stereocenters. The summed E-state index contributed by atoms with van der Waals surface area (Å²) in [6.07, 6.45) is 0. The standard InChI is InChI=1S/C19H18N2O/c1-11-9-14-13(5-4-6-16(14)20-2)18-15-10-12(22-3)7-8-17(15)21-19(11)18/h4-10,20-21H,1-3H3. The molecular formula is C19H18N2O. The summed E-state index contributed by atoms with van der Waals surface area (Å²) in [5, 5.41) is 8.26. The summed E-state index contributed by atoms with van der Waals surface area (Å²) in [6.45, 7) is 2.15. The fourth-order valence-electron chi connectivity index (χ4n) is 3.32. The van der Waals surface area contributed by atoms with Crippen LogP contribution >= 0.6 is 0 Å². The largest absolute Gasteiger partial charge is 0.497 e. The quantitative estimate of drug-likeness (QED) is 0.554. The van der Waals surface area contributed by atoms with Crippen LogP contribution in [0.3, 0.4) is 0 Å². The molecule has 0 fully saturated rings. The fraction of sp³-hybridized carbons (Fsp3) is 0.158. The highest BCUT2D eigenvalue weighted by Gasteiger charge is 2.13. The summed E-state index contributed by atoms with van der Waals surface area (Å²) >= 11 is 0. The second kappa shape index (κ2) is 4.67. The third kappa shape index (κ3) is 1.69. The van der Waals surface area contributed by atoms with Gasteiger partial charge in [0.05, 0.1) is 12.6 Å². The van der Waals surface area contributed by atoms with E-state index >= 15 is 0 Å². The highest BCUT2D eigenvalue weighted by molar-refractivity contribution is 6.22. The van der Waals surface area contributed by atoms with Crippen molar-refractivity contribution in [1.29, 1.82) is 0 Å². The second-order valence-corrected chi connectivity index (χ2v) is 5.63. The zero-order chi connectivity index (χ0) is 15.3. The molecule has 4 rings (SSSR count). The number of benzene rings is 3. The normalized spacial score (nSPS) is 11.4. The van der Waals surface area contributed by atoms with Crippen molar-refractivity contribution in [3.63, 3.8) is 0 Å². The lowest BCUT2D eigenvalue weighted by molar-refractivity contribution is 0.415. The maximum atomic E-state index is 5.40. The molecule has 0 saturated heterocycles. The predicted octanol–water partition coefficient (Wildman–Crippen LogP) is 4.83. The van der Waals surface area contributed by atoms with Gasteiger partial charge in [0, 0.05) is 34.4 Å². The number of rotatable bonds is 2. The van der Waals surface area contributed by atoms with E-state index in [-0.39, 0.29) is 0 Å². The average molecular weight is 290 g/mol. The zero-order valence-corrected chi connectivity index (χ0v) is 12.9. The number of methoxy groups -OCH3 is 1. The molecule has 0 aliphatic heterocycles. The Kier molecular flexibility index (Phi) is 2.76. The van der Waals surface area contributed by atoms with Gasteiger partial charge in [-0.1, -0.05) is 12.1 Å². The van der Waals surface area contributed by atoms with Crippen LogP contribution in [0.5, 0.6) is 5.75 Å². The minimum atomic E-state index is 0.882. The molecule has 3 heteroatoms. The molecule has 0 spiro atoms. The fourth-order valence-corrected chi connectivity index (χ4v) is 3.32. The van der Waals surface area contributed by atoms with Gasteiger partial charge in [-0.2, -0.15) is 0 Å². The van der Waals surface area contributed by atoms with Gasteiger partial charge in [0.25, 0.3) is 0 Å². The van der Waals surface area contributed by atoms with Crippen molar-refractivity contribution in [2.45, 2.75) is 6.92 Å². The molecule has 3 nitrogen and oxygen atoms in total. The molecule has 0 aliphatic rings. The van der Waals surface area contributed by atoms with E-state index in [0.717, 1.165) is 17.0 Å². The summed E-state index contributed by atoms with van der Waals surface area (Å²) in [4.78, 5) is 3.55. The summed E-state index contributed by atoms with van der Waals surface area (Å²) in [5.41, 5.74) is 4.74. The van der Waals surface area contributed by atoms with Crippen LogP contribution in [0.25, 0.3) is 32.6 Å². The topological polar surface area (TPSA) is 37.0 Å². The molecule has 1 heterocycles. The van der Waals surface area contributed by atoms with Gasteiger partial charge in [-0.25, -0.2) is 0 Å². The molecule has 0 unspecified atom stereocenters. The molecular weight excluding hydrogens is 272 g/mol. The summed E-state index contributed by atoms with van der Waals surface area (Å²) in [5.74, 6) is 0.882. The Labute approximate surface area is 128 Å². The molecule has 0 amide bonds. The van der Waals surface area contributed by atoms with Gasteiger partial charge >= 0.3 is 0 Å². The van der Waals surface area contributed by atoms with Crippen molar-refractivity contribution in [3.05, 3.63) is 48.0 Å². The Bertz CT molecular complexity index is 1010. The summed E-state index contributed by atoms with van der Waals surface area (Å²) < 4.78 is 5.40. The maximum Gasteiger partial charge on any atom is 0.119 e. The SMILES string of the molecule is CNc1cccc2c1cc(C)c1[nH]c3ccc(OC)cc3c12. The number of nitrogens with one attached hydrogen (secondary N) is 2. The lowest BCUT2D eigenvalue weighted by Crippen LogP contribution is -1.90. The van der Waals surface area contributed by atoms with Crippen molar-refractivity contribution in [2.75, 3.05) is 19.5 Å². The van der Waals surface area contributed by atoms with E-state index in [1.165, 1.54) is 32.6 Å². The van der Waals surface area contributed by atoms with Crippen LogP contribution in [0.2, 0.25) is 0 Å². The molecule has 0 saturated carbocycles. The van der Waals surface area contributed by atoms with E-state index in [0.29, 0.717) is 0 Å². The Morgan fingerprint density at radius 1 is 1.00 bits per heavy atom. The van der Waals surface area contributed by atoms with Crippen molar-refractivity contribution in [1.82, 2.24) is 4.98 Å². The van der Waals surface area contributed by atoms with Crippen LogP contribution < -0.4 is 10.1 Å². The molecule has 0 bridgehead atoms. The highest BCUT2D eigenvalue weighted by Crippen LogP contribution is 2.38. The van der Waals surface area contributed by atoms with Crippen LogP contribution in [0.1, 0.15) is 5.56 Å². The minimum Gasteiger partial charge on any atom is -0.497 e. The minimum absolute atomic E-state index is 0.882. The molecule has 4 aromatic rings. The van der Waals surface area contributed by atoms with E-state index in [1.807, 2.05) is 13.1 Å². The summed E-state index contributed by atoms with van der Waals surface area (Å²) in [6, 6.07) is 14.8. The van der Waals surface area contributed by atoms with E-state index in [9.17, 15) is 0 Å². The number of hydrogen-bond donors (Lipinski definition) is 2. The number of aryl methyl sites for hydroxylation is 1. The van der Waals surface area contributed by atoms with Gasteiger partial charge in [-0.05, 0) is 48.2 Å². The second-order valence-electron chi connectivity index (χ2n) is 5.63. The number of aromatic amines is 1. The van der Waals surface area contributed by atoms with E-state index in [1.54, 1.807) is 7.11 Å². The monoisotopic (exact) mass is 290 g/mol. The first-order valence-corrected chi connectivity index (χ1v) is 7.42. The van der Waals surface area contributed by atoms with Crippen LogP contribution in [-0.4, -0.2) is 19.1 Å². The van der Waals surface area contributed by atoms with Crippen LogP contribution in [0.4, 0.5) is 5.69 Å². The Morgan fingerprint density at radius 2 is 1.86 bits per heavy atom. The van der Waals surface area contributed by atoms with E-state index in [2.05, 4.69) is 53.6 Å². The zero-order valence-electron chi connectivity index (χ0n) is 12.9. The number of hydrogen-bond acceptors (Lipinski definition) is 2. The van der Waals surface area contributed by atoms with Crippen molar-refractivity contribution in [3.8, 4) is 5.75 Å². The molecule has 1 aromatic heterocycles. The Hall–Kier alpha value is -2.68. The van der Waals surface area contributed by atoms with E-state index in [4.69, 9.17) is 4.74 Å². The number of fused-ring (bicyclic) bond motifs is 5. The predicted molar refractivity (Wildman–Crippen MR) is 94.1 cm³/mol. The number of aromatic nitrogens is 1. The van der Waals surface area contributed by atoms with Crippen molar-refractivity contribution < 1.29 is 4.74 Å². The van der Waals surface area contributed by atoms with Gasteiger partial charge in [-0.3, -0.25) is 0 Å². The van der Waals surface area contributed by atoms with Gasteiger partial charge in [0.1, 0.15) is 5.75 Å². The number of H-pyrrole nitrogens is 1. The molecule has 0 aliphatic carbocycles. The van der Waals surface area contributed by atoms with Crippen LogP contribution in [-0.2, 0) is 0 Å². The van der Waals surface area contributed by atoms with Gasteiger partial charge in [0.15, 0.2) is 0 Å². The van der Waals surface area contributed by atoms with Gasteiger partial charge < -0.3 is 15.0 Å². The lowest BCUT2D eigenvalue weighted by Gasteiger charge is -2.09. The Balaban J connectivity index is 2.27. The van der Waals surface area contributed by atoms with Crippen LogP contribution in [0.15, 0.2) is 42.5 Å². The number of ether oxygens (including phenoxy) is 1. The Morgan fingerprint density at radius 3 is 2.64 bits per heavy atom. The van der Waals surface area contributed by atoms with Gasteiger partial charge in [0.2, 0.25) is 0 Å². The molecule has 2 N–H and O–H groups in total. The third-order valence-corrected chi connectivity index (χ3v) is 4.41. The first-order chi connectivity index (χ1) is 10.7. The third-order valence-electron chi connectivity index (χ3n) is 4.41. The average Bonchev–Trinajstić information content (AvgIpc) is 2.94. The highest BCUT2D eigenvalue weighted by atomic mass is 16.5. The summed E-state index contributed by atoms with van der Waals surface area (Å²) in [7, 11) is 3.67. The van der Waals surface area contributed by atoms with E-state index < -0.39 is 0 Å². The lowest BCUT2D eigenvalue weighted by atomic mass is 9.99. The maximum absolute atomic E-state index is 5.40. The molecule has 3 aromatic carbocycles. The van der Waals surface area contributed by atoms with Crippen molar-refractivity contribution >= 4 is 38.3 Å².